The summed E-state index contributed by atoms with van der Waals surface area (Å²) in [6.45, 7) is 4.86. The van der Waals surface area contributed by atoms with Crippen molar-refractivity contribution in [2.24, 2.45) is 0 Å². The maximum absolute atomic E-state index is 9.38. The number of nitrogens with one attached hydrogen (secondary N) is 1. The molecule has 2 aromatic rings. The lowest BCUT2D eigenvalue weighted by Gasteiger charge is -2.15. The van der Waals surface area contributed by atoms with Crippen LogP contribution in [0.4, 0.5) is 11.8 Å². The molecule has 0 fully saturated rings. The molecule has 0 atom stereocenters. The molecule has 0 saturated heterocycles. The Balaban J connectivity index is 2.37. The van der Waals surface area contributed by atoms with E-state index >= 15 is 0 Å². The van der Waals surface area contributed by atoms with Gasteiger partial charge in [-0.25, -0.2) is 4.98 Å². The first-order chi connectivity index (χ1) is 11.6. The number of unbranched alkanes of at least 4 members (excludes halogenated alkanes) is 1. The molecule has 1 heterocycles. The van der Waals surface area contributed by atoms with E-state index in [0.717, 1.165) is 52.0 Å². The number of methoxy groups -OCH3 is 1. The lowest BCUT2D eigenvalue weighted by molar-refractivity contribution is 0.281. The molecule has 0 unspecified atom stereocenters. The Morgan fingerprint density at radius 1 is 1.33 bits per heavy atom. The van der Waals surface area contributed by atoms with Crippen molar-refractivity contribution in [3.8, 4) is 5.75 Å². The molecule has 0 aliphatic carbocycles. The predicted octanol–water partition coefficient (Wildman–Crippen LogP) is 3.23. The van der Waals surface area contributed by atoms with Gasteiger partial charge >= 0.3 is 0 Å². The molecule has 4 N–H and O–H groups in total. The largest absolute Gasteiger partial charge is 0.496 e. The van der Waals surface area contributed by atoms with Gasteiger partial charge in [0.2, 0.25) is 5.95 Å². The average molecular weight is 348 g/mol. The third-order valence-electron chi connectivity index (χ3n) is 3.50. The second-order valence-electron chi connectivity index (χ2n) is 5.37. The summed E-state index contributed by atoms with van der Waals surface area (Å²) in [5.41, 5.74) is 7.43. The van der Waals surface area contributed by atoms with Gasteiger partial charge in [0, 0.05) is 6.54 Å². The van der Waals surface area contributed by atoms with Gasteiger partial charge in [-0.05, 0) is 31.0 Å². The van der Waals surface area contributed by atoms with E-state index < -0.39 is 0 Å². The van der Waals surface area contributed by atoms with E-state index in [0.29, 0.717) is 0 Å². The van der Waals surface area contributed by atoms with Crippen molar-refractivity contribution in [3.05, 3.63) is 29.5 Å². The first-order valence-electron chi connectivity index (χ1n) is 7.92. The van der Waals surface area contributed by atoms with Gasteiger partial charge in [0.15, 0.2) is 0 Å². The van der Waals surface area contributed by atoms with Crippen molar-refractivity contribution >= 4 is 23.5 Å². The van der Waals surface area contributed by atoms with Crippen LogP contribution in [0.25, 0.3) is 0 Å². The maximum atomic E-state index is 9.38. The van der Waals surface area contributed by atoms with Gasteiger partial charge in [-0.2, -0.15) is 4.98 Å². The predicted molar refractivity (Wildman–Crippen MR) is 97.6 cm³/mol. The van der Waals surface area contributed by atoms with Crippen LogP contribution in [-0.2, 0) is 6.61 Å². The highest BCUT2D eigenvalue weighted by molar-refractivity contribution is 7.99. The summed E-state index contributed by atoms with van der Waals surface area (Å²) in [5.74, 6) is 1.73. The van der Waals surface area contributed by atoms with Gasteiger partial charge in [0.25, 0.3) is 0 Å². The summed E-state index contributed by atoms with van der Waals surface area (Å²) in [7, 11) is 1.63. The Morgan fingerprint density at radius 3 is 2.79 bits per heavy atom. The number of nitrogens with two attached hydrogens (primary N) is 1. The number of hydrogen-bond acceptors (Lipinski definition) is 7. The summed E-state index contributed by atoms with van der Waals surface area (Å²) < 4.78 is 5.43. The zero-order valence-corrected chi connectivity index (χ0v) is 15.1. The number of hydrogen-bond donors (Lipinski definition) is 3. The highest BCUT2D eigenvalue weighted by Crippen LogP contribution is 2.40. The minimum absolute atomic E-state index is 0.0175. The second kappa shape index (κ2) is 8.75. The fraction of sp³-hybridized carbons (Fsp3) is 0.412. The molecule has 1 aromatic carbocycles. The van der Waals surface area contributed by atoms with Crippen molar-refractivity contribution < 1.29 is 9.84 Å². The van der Waals surface area contributed by atoms with Crippen molar-refractivity contribution in [1.82, 2.24) is 9.97 Å². The Hall–Kier alpha value is -1.99. The third kappa shape index (κ3) is 4.52. The lowest BCUT2D eigenvalue weighted by atomic mass is 10.2. The minimum atomic E-state index is -0.0175. The molecule has 24 heavy (non-hydrogen) atoms. The van der Waals surface area contributed by atoms with Gasteiger partial charge in [-0.1, -0.05) is 31.2 Å². The molecule has 0 aliphatic heterocycles. The van der Waals surface area contributed by atoms with Crippen LogP contribution in [0.2, 0.25) is 0 Å². The van der Waals surface area contributed by atoms with Gasteiger partial charge in [0.05, 0.1) is 29.2 Å². The van der Waals surface area contributed by atoms with E-state index in [4.69, 9.17) is 10.5 Å². The zero-order chi connectivity index (χ0) is 17.5. The number of rotatable bonds is 8. The molecule has 6 nitrogen and oxygen atoms in total. The van der Waals surface area contributed by atoms with Crippen LogP contribution >= 0.6 is 11.8 Å². The number of anilines is 2. The molecular weight excluding hydrogens is 324 g/mol. The van der Waals surface area contributed by atoms with Crippen LogP contribution in [0.15, 0.2) is 28.0 Å². The van der Waals surface area contributed by atoms with Crippen molar-refractivity contribution in [2.45, 2.75) is 43.1 Å². The van der Waals surface area contributed by atoms with Crippen LogP contribution in [0, 0.1) is 6.92 Å². The molecule has 0 amide bonds. The minimum Gasteiger partial charge on any atom is -0.496 e. The van der Waals surface area contributed by atoms with Crippen molar-refractivity contribution in [3.63, 3.8) is 0 Å². The molecular formula is C17H24N4O2S. The van der Waals surface area contributed by atoms with Crippen molar-refractivity contribution in [2.75, 3.05) is 24.7 Å². The first-order valence-corrected chi connectivity index (χ1v) is 8.74. The number of nitrogen functional groups attached to an aromatic ring is 1. The quantitative estimate of drug-likeness (QED) is 0.631. The normalized spacial score (nSPS) is 10.7. The average Bonchev–Trinajstić information content (AvgIpc) is 2.57. The van der Waals surface area contributed by atoms with E-state index in [1.165, 1.54) is 11.8 Å². The summed E-state index contributed by atoms with van der Waals surface area (Å²) in [6, 6.07) is 5.61. The second-order valence-corrected chi connectivity index (χ2v) is 6.42. The number of benzene rings is 1. The summed E-state index contributed by atoms with van der Waals surface area (Å²) in [5, 5.41) is 12.7. The first kappa shape index (κ1) is 18.4. The molecule has 0 aliphatic rings. The topological polar surface area (TPSA) is 93.3 Å². The standard InChI is InChI=1S/C17H24N4O2S/c1-4-5-8-19-16-15(11(2)20-17(18)21-16)24-14-9-12(10-22)6-7-13(14)23-3/h6-7,9,22H,4-5,8,10H2,1-3H3,(H3,18,19,20,21). The van der Waals surface area contributed by atoms with E-state index in [2.05, 4.69) is 22.2 Å². The molecule has 0 radical (unpaired) electrons. The van der Waals surface area contributed by atoms with E-state index in [9.17, 15) is 5.11 Å². The summed E-state index contributed by atoms with van der Waals surface area (Å²) in [4.78, 5) is 10.4. The van der Waals surface area contributed by atoms with Crippen LogP contribution < -0.4 is 15.8 Å². The Morgan fingerprint density at radius 2 is 2.12 bits per heavy atom. The summed E-state index contributed by atoms with van der Waals surface area (Å²) in [6.07, 6.45) is 2.15. The highest BCUT2D eigenvalue weighted by Gasteiger charge is 2.15. The van der Waals surface area contributed by atoms with Gasteiger partial charge < -0.3 is 20.9 Å². The molecule has 0 saturated carbocycles. The Labute approximate surface area is 146 Å². The van der Waals surface area contributed by atoms with Crippen LogP contribution in [0.5, 0.6) is 5.75 Å². The maximum Gasteiger partial charge on any atom is 0.222 e. The SMILES string of the molecule is CCCCNc1nc(N)nc(C)c1Sc1cc(CO)ccc1OC. The number of aliphatic hydroxyl groups excluding tert-OH is 1. The number of nitrogens with zero attached hydrogens (tertiary/aromatic N) is 2. The van der Waals surface area contributed by atoms with Crippen LogP contribution in [-0.4, -0.2) is 28.7 Å². The number of ether oxygens (including phenoxy) is 1. The zero-order valence-electron chi connectivity index (χ0n) is 14.3. The van der Waals surface area contributed by atoms with E-state index in [-0.39, 0.29) is 12.6 Å². The molecule has 2 rings (SSSR count). The number of aromatic nitrogens is 2. The smallest absolute Gasteiger partial charge is 0.222 e. The van der Waals surface area contributed by atoms with Gasteiger partial charge in [0.1, 0.15) is 11.6 Å². The van der Waals surface area contributed by atoms with E-state index in [1.54, 1.807) is 7.11 Å². The number of aryl methyl sites for hydroxylation is 1. The Bertz CT molecular complexity index is 695. The molecule has 130 valence electrons. The van der Waals surface area contributed by atoms with Gasteiger partial charge in [-0.15, -0.1) is 0 Å². The monoisotopic (exact) mass is 348 g/mol. The van der Waals surface area contributed by atoms with Crippen molar-refractivity contribution in [1.29, 1.82) is 0 Å². The fourth-order valence-corrected chi connectivity index (χ4v) is 3.31. The van der Waals surface area contributed by atoms with Crippen LogP contribution in [0.3, 0.4) is 0 Å². The van der Waals surface area contributed by atoms with Gasteiger partial charge in [-0.3, -0.25) is 0 Å². The molecule has 0 bridgehead atoms. The molecule has 0 spiro atoms. The lowest BCUT2D eigenvalue weighted by Crippen LogP contribution is -2.08. The van der Waals surface area contributed by atoms with Crippen LogP contribution in [0.1, 0.15) is 31.0 Å². The number of aliphatic hydroxyl groups is 1. The molecule has 1 aromatic heterocycles. The third-order valence-corrected chi connectivity index (χ3v) is 4.73. The fourth-order valence-electron chi connectivity index (χ4n) is 2.22. The van der Waals surface area contributed by atoms with E-state index in [1.807, 2.05) is 25.1 Å². The molecule has 7 heteroatoms. The Kier molecular flexibility index (Phi) is 6.69. The summed E-state index contributed by atoms with van der Waals surface area (Å²) >= 11 is 1.51. The highest BCUT2D eigenvalue weighted by atomic mass is 32.2.